The predicted octanol–water partition coefficient (Wildman–Crippen LogP) is 2.46. The maximum Gasteiger partial charge on any atom is 0.337 e. The molecule has 126 valence electrons. The fourth-order valence-corrected chi connectivity index (χ4v) is 2.07. The number of anilines is 2. The summed E-state index contributed by atoms with van der Waals surface area (Å²) in [6.07, 6.45) is 0.848. The Balaban J connectivity index is 2.22. The number of aryl methyl sites for hydroxylation is 1. The molecule has 7 heteroatoms. The van der Waals surface area contributed by atoms with E-state index in [1.54, 1.807) is 37.3 Å². The van der Waals surface area contributed by atoms with Crippen molar-refractivity contribution in [1.82, 2.24) is 15.3 Å². The molecule has 0 radical (unpaired) electrons. The average molecular weight is 328 g/mol. The van der Waals surface area contributed by atoms with Crippen LogP contribution >= 0.6 is 0 Å². The van der Waals surface area contributed by atoms with Gasteiger partial charge in [0.1, 0.15) is 17.3 Å². The lowest BCUT2D eigenvalue weighted by molar-refractivity contribution is 0.0600. The van der Waals surface area contributed by atoms with Gasteiger partial charge in [-0.15, -0.1) is 0 Å². The van der Waals surface area contributed by atoms with Gasteiger partial charge in [0.05, 0.1) is 12.7 Å². The second kappa shape index (κ2) is 8.05. The molecule has 0 aliphatic heterocycles. The van der Waals surface area contributed by atoms with Gasteiger partial charge in [0.25, 0.3) is 5.91 Å². The van der Waals surface area contributed by atoms with Gasteiger partial charge < -0.3 is 15.4 Å². The number of ether oxygens (including phenoxy) is 1. The Morgan fingerprint density at radius 2 is 2.00 bits per heavy atom. The first-order chi connectivity index (χ1) is 11.5. The highest BCUT2D eigenvalue weighted by Gasteiger charge is 2.11. The van der Waals surface area contributed by atoms with Gasteiger partial charge in [-0.1, -0.05) is 13.0 Å². The monoisotopic (exact) mass is 328 g/mol. The highest BCUT2D eigenvalue weighted by Crippen LogP contribution is 2.17. The summed E-state index contributed by atoms with van der Waals surface area (Å²) in [5.41, 5.74) is 1.38. The molecule has 0 saturated heterocycles. The highest BCUT2D eigenvalue weighted by atomic mass is 16.5. The van der Waals surface area contributed by atoms with Gasteiger partial charge in [-0.3, -0.25) is 4.79 Å². The lowest BCUT2D eigenvalue weighted by Crippen LogP contribution is -2.25. The molecular weight excluding hydrogens is 308 g/mol. The van der Waals surface area contributed by atoms with E-state index in [0.29, 0.717) is 35.1 Å². The van der Waals surface area contributed by atoms with Gasteiger partial charge in [-0.05, 0) is 31.5 Å². The van der Waals surface area contributed by atoms with Crippen molar-refractivity contribution in [2.75, 3.05) is 19.0 Å². The maximum absolute atomic E-state index is 12.1. The first-order valence-electron chi connectivity index (χ1n) is 7.62. The third-order valence-electron chi connectivity index (χ3n) is 3.16. The van der Waals surface area contributed by atoms with Crippen molar-refractivity contribution in [3.8, 4) is 0 Å². The minimum absolute atomic E-state index is 0.242. The number of esters is 1. The van der Waals surface area contributed by atoms with E-state index in [-0.39, 0.29) is 5.91 Å². The number of aromatic nitrogens is 2. The van der Waals surface area contributed by atoms with Crippen LogP contribution in [-0.4, -0.2) is 35.5 Å². The van der Waals surface area contributed by atoms with Crippen molar-refractivity contribution >= 4 is 23.4 Å². The zero-order valence-corrected chi connectivity index (χ0v) is 13.9. The van der Waals surface area contributed by atoms with Crippen LogP contribution in [0, 0.1) is 6.92 Å². The third-order valence-corrected chi connectivity index (χ3v) is 3.16. The van der Waals surface area contributed by atoms with Crippen molar-refractivity contribution in [3.05, 3.63) is 47.4 Å². The Hall–Kier alpha value is -2.96. The first kappa shape index (κ1) is 17.4. The van der Waals surface area contributed by atoms with Crippen molar-refractivity contribution in [2.24, 2.45) is 0 Å². The summed E-state index contributed by atoms with van der Waals surface area (Å²) in [7, 11) is 1.33. The Bertz CT molecular complexity index is 746. The molecular formula is C17H20N4O3. The number of carbonyl (C=O) groups is 2. The summed E-state index contributed by atoms with van der Waals surface area (Å²) in [6, 6.07) is 8.41. The molecule has 1 aromatic carbocycles. The molecule has 2 rings (SSSR count). The van der Waals surface area contributed by atoms with Crippen LogP contribution in [0.1, 0.15) is 40.0 Å². The smallest absolute Gasteiger partial charge is 0.337 e. The van der Waals surface area contributed by atoms with Crippen molar-refractivity contribution in [1.29, 1.82) is 0 Å². The average Bonchev–Trinajstić information content (AvgIpc) is 2.58. The summed E-state index contributed by atoms with van der Waals surface area (Å²) >= 11 is 0. The van der Waals surface area contributed by atoms with Gasteiger partial charge >= 0.3 is 5.97 Å². The van der Waals surface area contributed by atoms with Gasteiger partial charge in [0.2, 0.25) is 0 Å². The zero-order valence-electron chi connectivity index (χ0n) is 13.9. The zero-order chi connectivity index (χ0) is 17.5. The molecule has 2 N–H and O–H groups in total. The Morgan fingerprint density at radius 1 is 1.21 bits per heavy atom. The number of nitrogens with one attached hydrogen (secondary N) is 2. The molecule has 0 bridgehead atoms. The predicted molar refractivity (Wildman–Crippen MR) is 90.5 cm³/mol. The van der Waals surface area contributed by atoms with Crippen LogP contribution in [0.2, 0.25) is 0 Å². The van der Waals surface area contributed by atoms with E-state index in [9.17, 15) is 9.59 Å². The fraction of sp³-hybridized carbons (Fsp3) is 0.294. The molecule has 1 aromatic heterocycles. The summed E-state index contributed by atoms with van der Waals surface area (Å²) in [5, 5.41) is 5.86. The number of carbonyl (C=O) groups excluding carboxylic acids is 2. The number of nitrogens with zero attached hydrogens (tertiary/aromatic N) is 2. The molecule has 0 aliphatic carbocycles. The van der Waals surface area contributed by atoms with Crippen LogP contribution in [0.3, 0.4) is 0 Å². The van der Waals surface area contributed by atoms with Gasteiger partial charge in [0, 0.05) is 18.3 Å². The maximum atomic E-state index is 12.1. The van der Waals surface area contributed by atoms with E-state index >= 15 is 0 Å². The van der Waals surface area contributed by atoms with E-state index in [1.165, 1.54) is 7.11 Å². The van der Waals surface area contributed by atoms with Crippen LogP contribution in [0.25, 0.3) is 0 Å². The lowest BCUT2D eigenvalue weighted by Gasteiger charge is -2.09. The van der Waals surface area contributed by atoms with Gasteiger partial charge in [-0.25, -0.2) is 14.8 Å². The number of hydrogen-bond acceptors (Lipinski definition) is 6. The van der Waals surface area contributed by atoms with Crippen molar-refractivity contribution < 1.29 is 14.3 Å². The molecule has 7 nitrogen and oxygen atoms in total. The van der Waals surface area contributed by atoms with Crippen molar-refractivity contribution in [2.45, 2.75) is 20.3 Å². The second-order valence-electron chi connectivity index (χ2n) is 5.14. The molecule has 0 atom stereocenters. The molecule has 24 heavy (non-hydrogen) atoms. The van der Waals surface area contributed by atoms with Crippen LogP contribution in [0.5, 0.6) is 0 Å². The van der Waals surface area contributed by atoms with E-state index in [2.05, 4.69) is 20.6 Å². The minimum atomic E-state index is -0.419. The molecule has 0 fully saturated rings. The quantitative estimate of drug-likeness (QED) is 0.791. The van der Waals surface area contributed by atoms with Gasteiger partial charge in [-0.2, -0.15) is 0 Å². The van der Waals surface area contributed by atoms with E-state index < -0.39 is 5.97 Å². The Kier molecular flexibility index (Phi) is 5.83. The third kappa shape index (κ3) is 4.52. The number of amides is 1. The molecule has 2 aromatic rings. The number of methoxy groups -OCH3 is 1. The highest BCUT2D eigenvalue weighted by molar-refractivity contribution is 5.93. The molecule has 1 heterocycles. The number of hydrogen-bond donors (Lipinski definition) is 2. The van der Waals surface area contributed by atoms with E-state index in [1.807, 2.05) is 6.92 Å². The SMILES string of the molecule is CCCNC(=O)c1cc(Nc2cccc(C(=O)OC)c2)nc(C)n1. The molecule has 0 unspecified atom stereocenters. The Morgan fingerprint density at radius 3 is 2.71 bits per heavy atom. The van der Waals surface area contributed by atoms with E-state index in [0.717, 1.165) is 6.42 Å². The fourth-order valence-electron chi connectivity index (χ4n) is 2.07. The van der Waals surface area contributed by atoms with Crippen LogP contribution in [0.4, 0.5) is 11.5 Å². The standard InChI is InChI=1S/C17H20N4O3/c1-4-8-18-16(22)14-10-15(20-11(2)19-14)21-13-7-5-6-12(9-13)17(23)24-3/h5-7,9-10H,4,8H2,1-3H3,(H,18,22)(H,19,20,21). The number of rotatable bonds is 6. The Labute approximate surface area is 140 Å². The summed E-state index contributed by atoms with van der Waals surface area (Å²) < 4.78 is 4.70. The lowest BCUT2D eigenvalue weighted by atomic mass is 10.2. The molecule has 0 saturated carbocycles. The second-order valence-corrected chi connectivity index (χ2v) is 5.14. The molecule has 0 aliphatic rings. The number of benzene rings is 1. The van der Waals surface area contributed by atoms with Crippen molar-refractivity contribution in [3.63, 3.8) is 0 Å². The topological polar surface area (TPSA) is 93.2 Å². The minimum Gasteiger partial charge on any atom is -0.465 e. The first-order valence-corrected chi connectivity index (χ1v) is 7.62. The van der Waals surface area contributed by atoms with E-state index in [4.69, 9.17) is 4.74 Å². The van der Waals surface area contributed by atoms with Crippen LogP contribution < -0.4 is 10.6 Å². The molecule has 1 amide bonds. The van der Waals surface area contributed by atoms with Crippen LogP contribution in [0.15, 0.2) is 30.3 Å². The summed E-state index contributed by atoms with van der Waals surface area (Å²) in [6.45, 7) is 4.28. The van der Waals surface area contributed by atoms with Gasteiger partial charge in [0.15, 0.2) is 0 Å². The molecule has 0 spiro atoms. The summed E-state index contributed by atoms with van der Waals surface area (Å²) in [5.74, 6) is 0.294. The van der Waals surface area contributed by atoms with Crippen LogP contribution in [-0.2, 0) is 4.74 Å². The largest absolute Gasteiger partial charge is 0.465 e. The normalized spacial score (nSPS) is 10.1. The summed E-state index contributed by atoms with van der Waals surface area (Å²) in [4.78, 5) is 32.1.